The molecule has 1 aromatic carbocycles. The predicted octanol–water partition coefficient (Wildman–Crippen LogP) is 4.39. The molecule has 0 saturated carbocycles. The first-order valence-corrected chi connectivity index (χ1v) is 11.4. The van der Waals surface area contributed by atoms with Crippen LogP contribution in [0.15, 0.2) is 23.6 Å². The van der Waals surface area contributed by atoms with E-state index in [1.807, 2.05) is 11.4 Å². The fraction of sp³-hybridized carbons (Fsp3) is 0.476. The van der Waals surface area contributed by atoms with Crippen LogP contribution < -0.4 is 15.4 Å². The quantitative estimate of drug-likeness (QED) is 0.577. The Bertz CT molecular complexity index is 912. The summed E-state index contributed by atoms with van der Waals surface area (Å²) in [7, 11) is 0. The molecule has 0 spiro atoms. The molecular weight excluding hydrogens is 424 g/mol. The Morgan fingerprint density at radius 3 is 2.97 bits per heavy atom. The first-order chi connectivity index (χ1) is 14.5. The maximum Gasteiger partial charge on any atom is 0.183 e. The number of aliphatic hydroxyl groups excluding tert-OH is 1. The van der Waals surface area contributed by atoms with Crippen molar-refractivity contribution in [2.75, 3.05) is 50.1 Å². The van der Waals surface area contributed by atoms with Crippen LogP contribution in [0, 0.1) is 0 Å². The zero-order valence-electron chi connectivity index (χ0n) is 17.2. The summed E-state index contributed by atoms with van der Waals surface area (Å²) in [4.78, 5) is 6.94. The maximum absolute atomic E-state index is 10.6. The van der Waals surface area contributed by atoms with E-state index in [9.17, 15) is 5.11 Å². The van der Waals surface area contributed by atoms with Gasteiger partial charge in [0.2, 0.25) is 0 Å². The van der Waals surface area contributed by atoms with E-state index in [0.717, 1.165) is 43.7 Å². The summed E-state index contributed by atoms with van der Waals surface area (Å²) in [5.74, 6) is 0.784. The molecule has 1 fully saturated rings. The minimum atomic E-state index is -0.266. The van der Waals surface area contributed by atoms with Gasteiger partial charge in [-0.1, -0.05) is 11.6 Å². The van der Waals surface area contributed by atoms with E-state index in [1.54, 1.807) is 23.5 Å². The lowest BCUT2D eigenvalue weighted by Gasteiger charge is -2.27. The van der Waals surface area contributed by atoms with Gasteiger partial charge in [0.25, 0.3) is 0 Å². The Morgan fingerprint density at radius 1 is 1.40 bits per heavy atom. The Kier molecular flexibility index (Phi) is 6.67. The summed E-state index contributed by atoms with van der Waals surface area (Å²) in [6.45, 7) is 8.88. The van der Waals surface area contributed by atoms with Gasteiger partial charge >= 0.3 is 0 Å². The molecule has 1 unspecified atom stereocenters. The number of rotatable bonds is 7. The number of aliphatic hydroxyl groups is 1. The number of fused-ring (bicyclic) bond motifs is 1. The van der Waals surface area contributed by atoms with Crippen LogP contribution in [-0.2, 0) is 4.74 Å². The van der Waals surface area contributed by atoms with Crippen molar-refractivity contribution >= 4 is 39.5 Å². The van der Waals surface area contributed by atoms with Crippen molar-refractivity contribution in [3.05, 3.63) is 39.9 Å². The van der Waals surface area contributed by atoms with Crippen LogP contribution >= 0.6 is 22.9 Å². The normalized spacial score (nSPS) is 19.2. The lowest BCUT2D eigenvalue weighted by atomic mass is 10.0. The third-order valence-corrected chi connectivity index (χ3v) is 6.20. The monoisotopic (exact) mass is 450 g/mol. The Hall–Kier alpha value is -2.00. The van der Waals surface area contributed by atoms with Gasteiger partial charge in [-0.2, -0.15) is 0 Å². The summed E-state index contributed by atoms with van der Waals surface area (Å²) < 4.78 is 11.3. The van der Waals surface area contributed by atoms with E-state index in [4.69, 9.17) is 21.1 Å². The molecular formula is C21H27ClN4O3S. The van der Waals surface area contributed by atoms with E-state index < -0.39 is 0 Å². The van der Waals surface area contributed by atoms with Crippen molar-refractivity contribution in [3.63, 3.8) is 0 Å². The topological polar surface area (TPSA) is 78.9 Å². The van der Waals surface area contributed by atoms with E-state index >= 15 is 0 Å². The van der Waals surface area contributed by atoms with Gasteiger partial charge in [0.1, 0.15) is 23.1 Å². The summed E-state index contributed by atoms with van der Waals surface area (Å²) >= 11 is 8.19. The van der Waals surface area contributed by atoms with E-state index in [1.165, 1.54) is 0 Å². The molecule has 3 heterocycles. The first-order valence-electron chi connectivity index (χ1n) is 10.2. The standard InChI is InChI=1S/C21H27ClN4O3S/c1-13(2)23-21-25-16(12-30-21)15-11-17(27)14-3-4-18(19(22)20(14)24-15)29-10-7-26-5-8-28-9-6-26/h3-4,11-13,15,24,27H,5-10H2,1-2H3,(H,23,25). The van der Waals surface area contributed by atoms with E-state index in [-0.39, 0.29) is 11.8 Å². The summed E-state index contributed by atoms with van der Waals surface area (Å²) in [6, 6.07) is 3.67. The van der Waals surface area contributed by atoms with Crippen LogP contribution in [0.25, 0.3) is 5.76 Å². The van der Waals surface area contributed by atoms with Crippen LogP contribution in [0.3, 0.4) is 0 Å². The lowest BCUT2D eigenvalue weighted by Crippen LogP contribution is -2.38. The Labute approximate surface area is 185 Å². The number of hydrogen-bond acceptors (Lipinski definition) is 8. The van der Waals surface area contributed by atoms with Crippen LogP contribution in [0.4, 0.5) is 10.8 Å². The fourth-order valence-electron chi connectivity index (χ4n) is 3.48. The van der Waals surface area contributed by atoms with E-state index in [0.29, 0.717) is 34.7 Å². The van der Waals surface area contributed by atoms with Crippen molar-refractivity contribution in [3.8, 4) is 5.75 Å². The zero-order valence-corrected chi connectivity index (χ0v) is 18.7. The van der Waals surface area contributed by atoms with Crippen molar-refractivity contribution in [2.45, 2.75) is 25.9 Å². The number of nitrogens with one attached hydrogen (secondary N) is 2. The van der Waals surface area contributed by atoms with Gasteiger partial charge in [-0.25, -0.2) is 4.98 Å². The molecule has 4 rings (SSSR count). The minimum absolute atomic E-state index is 0.182. The van der Waals surface area contributed by atoms with Crippen molar-refractivity contribution in [2.24, 2.45) is 0 Å². The summed E-state index contributed by atoms with van der Waals surface area (Å²) in [6.07, 6.45) is 1.76. The molecule has 3 N–H and O–H groups in total. The van der Waals surface area contributed by atoms with Gasteiger partial charge in [0.05, 0.1) is 30.6 Å². The number of nitrogens with zero attached hydrogens (tertiary/aromatic N) is 2. The summed E-state index contributed by atoms with van der Waals surface area (Å²) in [5, 5.41) is 20.6. The molecule has 1 aromatic heterocycles. The van der Waals surface area contributed by atoms with Crippen LogP contribution in [0.2, 0.25) is 5.02 Å². The second-order valence-electron chi connectivity index (χ2n) is 7.65. The maximum atomic E-state index is 10.6. The molecule has 0 aliphatic carbocycles. The highest BCUT2D eigenvalue weighted by atomic mass is 35.5. The lowest BCUT2D eigenvalue weighted by molar-refractivity contribution is 0.0322. The molecule has 30 heavy (non-hydrogen) atoms. The predicted molar refractivity (Wildman–Crippen MR) is 122 cm³/mol. The molecule has 0 radical (unpaired) electrons. The van der Waals surface area contributed by atoms with E-state index in [2.05, 4.69) is 34.4 Å². The molecule has 1 atom stereocenters. The third kappa shape index (κ3) is 4.83. The number of benzene rings is 1. The molecule has 9 heteroatoms. The minimum Gasteiger partial charge on any atom is -0.507 e. The molecule has 162 valence electrons. The second-order valence-corrected chi connectivity index (χ2v) is 8.89. The number of ether oxygens (including phenoxy) is 2. The summed E-state index contributed by atoms with van der Waals surface area (Å²) in [5.41, 5.74) is 2.15. The molecule has 7 nitrogen and oxygen atoms in total. The number of hydrogen-bond donors (Lipinski definition) is 3. The molecule has 2 aliphatic heterocycles. The molecule has 1 saturated heterocycles. The van der Waals surface area contributed by atoms with Crippen molar-refractivity contribution in [1.29, 1.82) is 0 Å². The number of halogens is 1. The Balaban J connectivity index is 1.46. The average Bonchev–Trinajstić information content (AvgIpc) is 3.18. The molecule has 2 aromatic rings. The smallest absolute Gasteiger partial charge is 0.183 e. The largest absolute Gasteiger partial charge is 0.507 e. The zero-order chi connectivity index (χ0) is 21.1. The van der Waals surface area contributed by atoms with Gasteiger partial charge in [-0.15, -0.1) is 11.3 Å². The highest BCUT2D eigenvalue weighted by Gasteiger charge is 2.25. The van der Waals surface area contributed by atoms with Crippen molar-refractivity contribution < 1.29 is 14.6 Å². The van der Waals surface area contributed by atoms with Gasteiger partial charge in [0, 0.05) is 36.6 Å². The fourth-order valence-corrected chi connectivity index (χ4v) is 4.65. The van der Waals surface area contributed by atoms with Crippen LogP contribution in [-0.4, -0.2) is 60.5 Å². The molecule has 0 amide bonds. The molecule has 0 bridgehead atoms. The molecule has 2 aliphatic rings. The number of anilines is 2. The van der Waals surface area contributed by atoms with Crippen LogP contribution in [0.5, 0.6) is 5.75 Å². The first kappa shape index (κ1) is 21.2. The second kappa shape index (κ2) is 9.43. The van der Waals surface area contributed by atoms with Gasteiger partial charge in [0.15, 0.2) is 5.13 Å². The Morgan fingerprint density at radius 2 is 2.20 bits per heavy atom. The highest BCUT2D eigenvalue weighted by Crippen LogP contribution is 2.43. The average molecular weight is 451 g/mol. The third-order valence-electron chi connectivity index (χ3n) is 5.03. The van der Waals surface area contributed by atoms with Gasteiger partial charge in [-0.3, -0.25) is 4.90 Å². The van der Waals surface area contributed by atoms with Crippen LogP contribution in [0.1, 0.15) is 31.1 Å². The van der Waals surface area contributed by atoms with Crippen molar-refractivity contribution in [1.82, 2.24) is 9.88 Å². The SMILES string of the molecule is CC(C)Nc1nc(C2C=C(O)c3ccc(OCCN4CCOCC4)c(Cl)c3N2)cs1. The van der Waals surface area contributed by atoms with Gasteiger partial charge < -0.3 is 25.2 Å². The highest BCUT2D eigenvalue weighted by molar-refractivity contribution is 7.13. The van der Waals surface area contributed by atoms with Gasteiger partial charge in [-0.05, 0) is 32.1 Å². The number of thiazole rings is 1. The number of morpholine rings is 1. The number of aromatic nitrogens is 1.